The molecule has 17 heavy (non-hydrogen) atoms. The lowest BCUT2D eigenvalue weighted by Crippen LogP contribution is -2.02. The summed E-state index contributed by atoms with van der Waals surface area (Å²) in [5.74, 6) is 0.0873. The molecule has 6 nitrogen and oxygen atoms in total. The Morgan fingerprint density at radius 1 is 1.29 bits per heavy atom. The maximum atomic E-state index is 11.3. The smallest absolute Gasteiger partial charge is 0.232 e. The van der Waals surface area contributed by atoms with Crippen molar-refractivity contribution in [1.29, 1.82) is 0 Å². The Balaban J connectivity index is 2.46. The number of anilines is 1. The van der Waals surface area contributed by atoms with Gasteiger partial charge in [-0.2, -0.15) is 0 Å². The van der Waals surface area contributed by atoms with Crippen LogP contribution in [0.25, 0.3) is 5.69 Å². The second-order valence-electron chi connectivity index (χ2n) is 3.61. The van der Waals surface area contributed by atoms with Gasteiger partial charge >= 0.3 is 0 Å². The van der Waals surface area contributed by atoms with Crippen LogP contribution in [0.15, 0.2) is 35.2 Å². The van der Waals surface area contributed by atoms with Gasteiger partial charge in [-0.25, -0.2) is 13.1 Å². The zero-order chi connectivity index (χ0) is 12.6. The average Bonchev–Trinajstić information content (AvgIpc) is 2.57. The van der Waals surface area contributed by atoms with Gasteiger partial charge in [0.15, 0.2) is 9.84 Å². The first-order valence-corrected chi connectivity index (χ1v) is 6.62. The molecule has 90 valence electrons. The molecule has 1 aromatic carbocycles. The van der Waals surface area contributed by atoms with Gasteiger partial charge in [-0.3, -0.25) is 0 Å². The van der Waals surface area contributed by atoms with Gasteiger partial charge in [0.25, 0.3) is 0 Å². The number of nitrogen functional groups attached to an aromatic ring is 1. The van der Waals surface area contributed by atoms with Gasteiger partial charge in [0.2, 0.25) is 5.88 Å². The topological polar surface area (TPSA) is 98.2 Å². The second-order valence-corrected chi connectivity index (χ2v) is 5.62. The summed E-state index contributed by atoms with van der Waals surface area (Å²) in [5.41, 5.74) is 6.20. The van der Waals surface area contributed by atoms with E-state index in [4.69, 9.17) is 5.73 Å². The number of hydrogen-bond acceptors (Lipinski definition) is 5. The maximum absolute atomic E-state index is 11.3. The molecule has 0 fully saturated rings. The third-order valence-corrected chi connectivity index (χ3v) is 3.36. The van der Waals surface area contributed by atoms with Crippen LogP contribution in [0.2, 0.25) is 0 Å². The van der Waals surface area contributed by atoms with Crippen molar-refractivity contribution in [3.05, 3.63) is 30.3 Å². The predicted molar refractivity (Wildman–Crippen MR) is 62.8 cm³/mol. The SMILES string of the molecule is CS(=O)(=O)c1ccc(-n2nc(O)cc2N)cc1. The van der Waals surface area contributed by atoms with Crippen molar-refractivity contribution in [2.75, 3.05) is 12.0 Å². The minimum absolute atomic E-state index is 0.185. The minimum atomic E-state index is -3.22. The van der Waals surface area contributed by atoms with E-state index < -0.39 is 9.84 Å². The zero-order valence-electron chi connectivity index (χ0n) is 9.03. The minimum Gasteiger partial charge on any atom is -0.492 e. The summed E-state index contributed by atoms with van der Waals surface area (Å²) in [6.45, 7) is 0. The van der Waals surface area contributed by atoms with Crippen molar-refractivity contribution in [3.8, 4) is 11.6 Å². The standard InChI is InChI=1S/C10H11N3O3S/c1-17(15,16)8-4-2-7(3-5-8)13-9(11)6-10(14)12-13/h2-6H,11H2,1H3,(H,12,14). The highest BCUT2D eigenvalue weighted by atomic mass is 32.2. The number of nitrogens with two attached hydrogens (primary N) is 1. The molecule has 0 aliphatic rings. The molecule has 3 N–H and O–H groups in total. The van der Waals surface area contributed by atoms with Crippen LogP contribution in [-0.4, -0.2) is 29.6 Å². The van der Waals surface area contributed by atoms with Gasteiger partial charge in [-0.05, 0) is 24.3 Å². The Bertz CT molecular complexity index is 644. The lowest BCUT2D eigenvalue weighted by molar-refractivity contribution is 0.448. The number of aromatic nitrogens is 2. The van der Waals surface area contributed by atoms with Crippen LogP contribution >= 0.6 is 0 Å². The molecule has 2 aromatic rings. The normalized spacial score (nSPS) is 11.6. The van der Waals surface area contributed by atoms with E-state index in [1.54, 1.807) is 12.1 Å². The van der Waals surface area contributed by atoms with E-state index in [1.165, 1.54) is 22.9 Å². The van der Waals surface area contributed by atoms with Crippen molar-refractivity contribution in [1.82, 2.24) is 9.78 Å². The number of hydrogen-bond donors (Lipinski definition) is 2. The molecular weight excluding hydrogens is 242 g/mol. The summed E-state index contributed by atoms with van der Waals surface area (Å²) in [5, 5.41) is 12.9. The summed E-state index contributed by atoms with van der Waals surface area (Å²) < 4.78 is 23.9. The molecule has 1 aromatic heterocycles. The summed E-state index contributed by atoms with van der Waals surface area (Å²) >= 11 is 0. The second kappa shape index (κ2) is 3.77. The molecule has 0 spiro atoms. The van der Waals surface area contributed by atoms with Crippen LogP contribution in [0.1, 0.15) is 0 Å². The highest BCUT2D eigenvalue weighted by Crippen LogP contribution is 2.19. The van der Waals surface area contributed by atoms with Crippen LogP contribution < -0.4 is 5.73 Å². The lowest BCUT2D eigenvalue weighted by atomic mass is 10.3. The van der Waals surface area contributed by atoms with Crippen molar-refractivity contribution < 1.29 is 13.5 Å². The molecule has 7 heteroatoms. The first-order chi connectivity index (χ1) is 7.88. The Labute approximate surface area is 98.2 Å². The lowest BCUT2D eigenvalue weighted by Gasteiger charge is -2.04. The molecule has 0 aliphatic carbocycles. The highest BCUT2D eigenvalue weighted by molar-refractivity contribution is 7.90. The Hall–Kier alpha value is -2.02. The van der Waals surface area contributed by atoms with E-state index in [0.717, 1.165) is 6.26 Å². The predicted octanol–water partition coefficient (Wildman–Crippen LogP) is 0.564. The molecule has 0 saturated heterocycles. The Morgan fingerprint density at radius 3 is 2.29 bits per heavy atom. The van der Waals surface area contributed by atoms with E-state index in [2.05, 4.69) is 5.10 Å². The number of benzene rings is 1. The molecule has 0 bridgehead atoms. The van der Waals surface area contributed by atoms with Gasteiger partial charge in [0.05, 0.1) is 10.6 Å². The summed E-state index contributed by atoms with van der Waals surface area (Å²) in [6, 6.07) is 7.37. The molecule has 0 saturated carbocycles. The fourth-order valence-electron chi connectivity index (χ4n) is 1.42. The van der Waals surface area contributed by atoms with Gasteiger partial charge < -0.3 is 10.8 Å². The quantitative estimate of drug-likeness (QED) is 0.815. The van der Waals surface area contributed by atoms with E-state index >= 15 is 0 Å². The fraction of sp³-hybridized carbons (Fsp3) is 0.100. The number of nitrogens with zero attached hydrogens (tertiary/aromatic N) is 2. The Kier molecular flexibility index (Phi) is 2.55. The number of sulfone groups is 1. The van der Waals surface area contributed by atoms with Crippen LogP contribution in [0, 0.1) is 0 Å². The van der Waals surface area contributed by atoms with Gasteiger partial charge in [-0.1, -0.05) is 0 Å². The van der Waals surface area contributed by atoms with E-state index in [1.807, 2.05) is 0 Å². The molecule has 1 heterocycles. The van der Waals surface area contributed by atoms with Crippen LogP contribution in [0.3, 0.4) is 0 Å². The fourth-order valence-corrected chi connectivity index (χ4v) is 2.05. The van der Waals surface area contributed by atoms with Crippen molar-refractivity contribution in [2.24, 2.45) is 0 Å². The monoisotopic (exact) mass is 253 g/mol. The van der Waals surface area contributed by atoms with Gasteiger partial charge in [0.1, 0.15) is 5.82 Å². The van der Waals surface area contributed by atoms with Crippen LogP contribution in [0.5, 0.6) is 5.88 Å². The average molecular weight is 253 g/mol. The van der Waals surface area contributed by atoms with Gasteiger partial charge in [0, 0.05) is 12.3 Å². The van der Waals surface area contributed by atoms with Gasteiger partial charge in [-0.15, -0.1) is 5.10 Å². The van der Waals surface area contributed by atoms with E-state index in [-0.39, 0.29) is 16.6 Å². The summed E-state index contributed by atoms with van der Waals surface area (Å²) in [6.07, 6.45) is 1.14. The first kappa shape index (κ1) is 11.5. The third-order valence-electron chi connectivity index (χ3n) is 2.23. The molecule has 0 atom stereocenters. The van der Waals surface area contributed by atoms with E-state index in [0.29, 0.717) is 5.69 Å². The largest absolute Gasteiger partial charge is 0.492 e. The maximum Gasteiger partial charge on any atom is 0.232 e. The highest BCUT2D eigenvalue weighted by Gasteiger charge is 2.09. The zero-order valence-corrected chi connectivity index (χ0v) is 9.85. The third kappa shape index (κ3) is 2.23. The molecular formula is C10H11N3O3S. The molecule has 0 unspecified atom stereocenters. The van der Waals surface area contributed by atoms with E-state index in [9.17, 15) is 13.5 Å². The first-order valence-electron chi connectivity index (χ1n) is 4.73. The number of rotatable bonds is 2. The Morgan fingerprint density at radius 2 is 1.88 bits per heavy atom. The van der Waals surface area contributed by atoms with Crippen molar-refractivity contribution >= 4 is 15.7 Å². The number of aromatic hydroxyl groups is 1. The molecule has 0 aliphatic heterocycles. The molecule has 0 radical (unpaired) electrons. The summed E-state index contributed by atoms with van der Waals surface area (Å²) in [7, 11) is -3.22. The summed E-state index contributed by atoms with van der Waals surface area (Å²) in [4.78, 5) is 0.219. The van der Waals surface area contributed by atoms with Crippen molar-refractivity contribution in [2.45, 2.75) is 4.90 Å². The molecule has 0 amide bonds. The van der Waals surface area contributed by atoms with Crippen LogP contribution in [0.4, 0.5) is 5.82 Å². The van der Waals surface area contributed by atoms with Crippen LogP contribution in [-0.2, 0) is 9.84 Å². The van der Waals surface area contributed by atoms with Crippen molar-refractivity contribution in [3.63, 3.8) is 0 Å². The molecule has 2 rings (SSSR count).